The molecule has 1 aliphatic carbocycles. The van der Waals surface area contributed by atoms with Crippen molar-refractivity contribution in [3.63, 3.8) is 0 Å². The van der Waals surface area contributed by atoms with E-state index in [1.165, 1.54) is 18.4 Å². The summed E-state index contributed by atoms with van der Waals surface area (Å²) in [6.07, 6.45) is 4.30. The number of guanidine groups is 1. The zero-order valence-corrected chi connectivity index (χ0v) is 13.9. The third kappa shape index (κ3) is 3.23. The Morgan fingerprint density at radius 2 is 2.05 bits per heavy atom. The van der Waals surface area contributed by atoms with E-state index in [0.29, 0.717) is 18.5 Å². The maximum Gasteiger partial charge on any atom is 0.191 e. The Hall–Kier alpha value is -1.26. The molecular weight excluding hydrogens is 298 g/mol. The first kappa shape index (κ1) is 15.6. The average Bonchev–Trinajstić information content (AvgIpc) is 3.38. The van der Waals surface area contributed by atoms with Crippen LogP contribution in [0.4, 0.5) is 0 Å². The van der Waals surface area contributed by atoms with Gasteiger partial charge in [0.15, 0.2) is 5.96 Å². The molecule has 0 unspecified atom stereocenters. The number of nitrogens with two attached hydrogens (primary N) is 1. The fourth-order valence-electron chi connectivity index (χ4n) is 3.16. The van der Waals surface area contributed by atoms with Gasteiger partial charge in [-0.25, -0.2) is 0 Å². The van der Waals surface area contributed by atoms with Crippen molar-refractivity contribution >= 4 is 17.6 Å². The highest BCUT2D eigenvalue weighted by atomic mass is 35.5. The summed E-state index contributed by atoms with van der Waals surface area (Å²) in [5, 5.41) is 0.814. The number of halogens is 1. The molecule has 22 heavy (non-hydrogen) atoms. The van der Waals surface area contributed by atoms with Crippen molar-refractivity contribution < 1.29 is 4.74 Å². The molecule has 1 heterocycles. The lowest BCUT2D eigenvalue weighted by Crippen LogP contribution is -2.40. The van der Waals surface area contributed by atoms with Crippen LogP contribution in [-0.4, -0.2) is 43.7 Å². The molecule has 120 valence electrons. The fourth-order valence-corrected chi connectivity index (χ4v) is 3.49. The summed E-state index contributed by atoms with van der Waals surface area (Å²) in [7, 11) is 2.03. The molecule has 0 spiro atoms. The predicted molar refractivity (Wildman–Crippen MR) is 90.5 cm³/mol. The second-order valence-corrected chi connectivity index (χ2v) is 6.80. The Labute approximate surface area is 137 Å². The smallest absolute Gasteiger partial charge is 0.191 e. The summed E-state index contributed by atoms with van der Waals surface area (Å²) >= 11 is 6.45. The monoisotopic (exact) mass is 321 g/mol. The molecule has 2 N–H and O–H groups in total. The summed E-state index contributed by atoms with van der Waals surface area (Å²) in [4.78, 5) is 6.80. The van der Waals surface area contributed by atoms with Crippen molar-refractivity contribution in [2.24, 2.45) is 10.7 Å². The van der Waals surface area contributed by atoms with Crippen molar-refractivity contribution in [2.45, 2.75) is 37.1 Å². The lowest BCUT2D eigenvalue weighted by atomic mass is 9.74. The van der Waals surface area contributed by atoms with Gasteiger partial charge < -0.3 is 15.4 Å². The molecule has 0 atom stereocenters. The molecular formula is C17H24ClN3O. The number of aliphatic imine (C=N–C) groups is 1. The van der Waals surface area contributed by atoms with Crippen molar-refractivity contribution in [1.82, 2.24) is 4.90 Å². The molecule has 0 bridgehead atoms. The Kier molecular flexibility index (Phi) is 4.59. The van der Waals surface area contributed by atoms with E-state index in [9.17, 15) is 0 Å². The largest absolute Gasteiger partial charge is 0.381 e. The SMILES string of the molecule is CN(C(N)=NCC1(c2ccccc2Cl)CCOCC1)C1CC1. The van der Waals surface area contributed by atoms with Crippen LogP contribution in [0.15, 0.2) is 29.3 Å². The molecule has 5 heteroatoms. The summed E-state index contributed by atoms with van der Waals surface area (Å²) in [5.74, 6) is 0.639. The molecule has 0 radical (unpaired) electrons. The lowest BCUT2D eigenvalue weighted by molar-refractivity contribution is 0.0531. The predicted octanol–water partition coefficient (Wildman–Crippen LogP) is 2.80. The lowest BCUT2D eigenvalue weighted by Gasteiger charge is -2.37. The van der Waals surface area contributed by atoms with E-state index in [1.54, 1.807) is 0 Å². The molecule has 1 aromatic rings. The van der Waals surface area contributed by atoms with Crippen LogP contribution in [0.3, 0.4) is 0 Å². The normalized spacial score (nSPS) is 21.6. The molecule has 0 amide bonds. The van der Waals surface area contributed by atoms with Crippen molar-refractivity contribution in [2.75, 3.05) is 26.8 Å². The fraction of sp³-hybridized carbons (Fsp3) is 0.588. The van der Waals surface area contributed by atoms with Gasteiger partial charge in [-0.15, -0.1) is 0 Å². The third-order valence-electron chi connectivity index (χ3n) is 4.89. The molecule has 1 aromatic carbocycles. The highest BCUT2D eigenvalue weighted by Gasteiger charge is 2.36. The minimum atomic E-state index is -0.0639. The second kappa shape index (κ2) is 6.47. The molecule has 2 fully saturated rings. The zero-order valence-electron chi connectivity index (χ0n) is 13.1. The third-order valence-corrected chi connectivity index (χ3v) is 5.22. The van der Waals surface area contributed by atoms with E-state index < -0.39 is 0 Å². The van der Waals surface area contributed by atoms with Crippen LogP contribution in [0.1, 0.15) is 31.2 Å². The molecule has 4 nitrogen and oxygen atoms in total. The second-order valence-electron chi connectivity index (χ2n) is 6.39. The van der Waals surface area contributed by atoms with Crippen LogP contribution in [0, 0.1) is 0 Å². The standard InChI is InChI=1S/C17H24ClN3O/c1-21(13-6-7-13)16(19)20-12-17(8-10-22-11-9-17)14-4-2-3-5-15(14)18/h2-5,13H,6-12H2,1H3,(H2,19,20). The minimum absolute atomic E-state index is 0.0639. The highest BCUT2D eigenvalue weighted by Crippen LogP contribution is 2.39. The quantitative estimate of drug-likeness (QED) is 0.685. The molecule has 3 rings (SSSR count). The minimum Gasteiger partial charge on any atom is -0.381 e. The first-order valence-electron chi connectivity index (χ1n) is 7.98. The van der Waals surface area contributed by atoms with Gasteiger partial charge in [-0.3, -0.25) is 4.99 Å². The van der Waals surface area contributed by atoms with Gasteiger partial charge in [0.2, 0.25) is 0 Å². The van der Waals surface area contributed by atoms with Gasteiger partial charge in [-0.1, -0.05) is 29.8 Å². The van der Waals surface area contributed by atoms with Gasteiger partial charge in [-0.2, -0.15) is 0 Å². The Morgan fingerprint density at radius 3 is 2.68 bits per heavy atom. The van der Waals surface area contributed by atoms with Gasteiger partial charge in [0.25, 0.3) is 0 Å². The zero-order chi connectivity index (χ0) is 15.6. The van der Waals surface area contributed by atoms with E-state index >= 15 is 0 Å². The average molecular weight is 322 g/mol. The van der Waals surface area contributed by atoms with Gasteiger partial charge in [-0.05, 0) is 37.3 Å². The van der Waals surface area contributed by atoms with E-state index in [-0.39, 0.29) is 5.41 Å². The number of hydrogen-bond donors (Lipinski definition) is 1. The van der Waals surface area contributed by atoms with Crippen LogP contribution in [0.5, 0.6) is 0 Å². The van der Waals surface area contributed by atoms with Crippen LogP contribution < -0.4 is 5.73 Å². The molecule has 1 aliphatic heterocycles. The van der Waals surface area contributed by atoms with Crippen LogP contribution in [0.2, 0.25) is 5.02 Å². The van der Waals surface area contributed by atoms with Crippen molar-refractivity contribution in [3.8, 4) is 0 Å². The Balaban J connectivity index is 1.83. The molecule has 2 aliphatic rings. The first-order chi connectivity index (χ1) is 10.6. The molecule has 0 aromatic heterocycles. The summed E-state index contributed by atoms with van der Waals surface area (Å²) in [6.45, 7) is 2.17. The molecule has 1 saturated heterocycles. The summed E-state index contributed by atoms with van der Waals surface area (Å²) in [5.41, 5.74) is 7.27. The van der Waals surface area contributed by atoms with Gasteiger partial charge >= 0.3 is 0 Å². The van der Waals surface area contributed by atoms with E-state index in [4.69, 9.17) is 27.1 Å². The highest BCUT2D eigenvalue weighted by molar-refractivity contribution is 6.31. The molecule has 1 saturated carbocycles. The number of rotatable bonds is 4. The van der Waals surface area contributed by atoms with Crippen molar-refractivity contribution in [1.29, 1.82) is 0 Å². The van der Waals surface area contributed by atoms with Crippen molar-refractivity contribution in [3.05, 3.63) is 34.9 Å². The summed E-state index contributed by atoms with van der Waals surface area (Å²) in [6, 6.07) is 8.66. The van der Waals surface area contributed by atoms with Gasteiger partial charge in [0, 0.05) is 36.7 Å². The Morgan fingerprint density at radius 1 is 1.36 bits per heavy atom. The first-order valence-corrected chi connectivity index (χ1v) is 8.36. The number of hydrogen-bond acceptors (Lipinski definition) is 2. The van der Waals surface area contributed by atoms with E-state index in [1.807, 2.05) is 25.2 Å². The summed E-state index contributed by atoms with van der Waals surface area (Å²) < 4.78 is 5.56. The number of benzene rings is 1. The topological polar surface area (TPSA) is 50.8 Å². The van der Waals surface area contributed by atoms with Crippen LogP contribution in [0.25, 0.3) is 0 Å². The van der Waals surface area contributed by atoms with E-state index in [2.05, 4.69) is 11.0 Å². The van der Waals surface area contributed by atoms with E-state index in [0.717, 1.165) is 31.1 Å². The number of nitrogens with zero attached hydrogens (tertiary/aromatic N) is 2. The van der Waals surface area contributed by atoms with Crippen LogP contribution >= 0.6 is 11.6 Å². The van der Waals surface area contributed by atoms with Gasteiger partial charge in [0.1, 0.15) is 0 Å². The number of ether oxygens (including phenoxy) is 1. The maximum atomic E-state index is 6.45. The van der Waals surface area contributed by atoms with Gasteiger partial charge in [0.05, 0.1) is 6.54 Å². The maximum absolute atomic E-state index is 6.45. The van der Waals surface area contributed by atoms with Crippen LogP contribution in [-0.2, 0) is 10.2 Å². The Bertz CT molecular complexity index is 551.